The fourth-order valence-corrected chi connectivity index (χ4v) is 3.31. The second-order valence-electron chi connectivity index (χ2n) is 5.88. The van der Waals surface area contributed by atoms with Gasteiger partial charge in [-0.2, -0.15) is 0 Å². The quantitative estimate of drug-likeness (QED) is 0.947. The lowest BCUT2D eigenvalue weighted by Crippen LogP contribution is -2.27. The highest BCUT2D eigenvalue weighted by molar-refractivity contribution is 5.89. The number of carbonyl (C=O) groups is 1. The summed E-state index contributed by atoms with van der Waals surface area (Å²) in [5.74, 6) is -0.219. The summed E-state index contributed by atoms with van der Waals surface area (Å²) in [6.45, 7) is 3.31. The molecule has 1 aromatic heterocycles. The van der Waals surface area contributed by atoms with Crippen LogP contribution in [0.2, 0.25) is 0 Å². The van der Waals surface area contributed by atoms with Crippen molar-refractivity contribution in [3.63, 3.8) is 0 Å². The third kappa shape index (κ3) is 2.47. The van der Waals surface area contributed by atoms with Crippen molar-refractivity contribution in [1.29, 1.82) is 0 Å². The van der Waals surface area contributed by atoms with Gasteiger partial charge in [-0.05, 0) is 31.9 Å². The minimum Gasteiger partial charge on any atom is -0.320 e. The van der Waals surface area contributed by atoms with Gasteiger partial charge >= 0.3 is 0 Å². The second-order valence-corrected chi connectivity index (χ2v) is 5.88. The summed E-state index contributed by atoms with van der Waals surface area (Å²) >= 11 is 0. The third-order valence-corrected chi connectivity index (χ3v) is 4.29. The summed E-state index contributed by atoms with van der Waals surface area (Å²) in [5, 5.41) is 2.70. The Balaban J connectivity index is 2.21. The van der Waals surface area contributed by atoms with E-state index in [-0.39, 0.29) is 17.5 Å². The van der Waals surface area contributed by atoms with E-state index in [1.165, 1.54) is 6.92 Å². The lowest BCUT2D eigenvalue weighted by atomic mass is 10.2. The SMILES string of the molecule is CC(=O)Nc1c(C)n(-c2ccccc2)n(C2CCCC2)c1=O. The van der Waals surface area contributed by atoms with Crippen molar-refractivity contribution in [2.75, 3.05) is 5.32 Å². The predicted octanol–water partition coefficient (Wildman–Crippen LogP) is 3.02. The molecule has 5 nitrogen and oxygen atoms in total. The van der Waals surface area contributed by atoms with Crippen molar-refractivity contribution in [2.24, 2.45) is 0 Å². The molecule has 1 amide bonds. The zero-order valence-electron chi connectivity index (χ0n) is 13.0. The number of anilines is 1. The van der Waals surface area contributed by atoms with E-state index >= 15 is 0 Å². The molecule has 5 heteroatoms. The van der Waals surface area contributed by atoms with Gasteiger partial charge in [0.25, 0.3) is 5.56 Å². The highest BCUT2D eigenvalue weighted by atomic mass is 16.2. The van der Waals surface area contributed by atoms with Crippen LogP contribution in [-0.4, -0.2) is 15.3 Å². The zero-order chi connectivity index (χ0) is 15.7. The largest absolute Gasteiger partial charge is 0.320 e. The van der Waals surface area contributed by atoms with Crippen molar-refractivity contribution in [3.05, 3.63) is 46.4 Å². The number of nitrogens with one attached hydrogen (secondary N) is 1. The Morgan fingerprint density at radius 1 is 1.18 bits per heavy atom. The van der Waals surface area contributed by atoms with Gasteiger partial charge in [0, 0.05) is 6.92 Å². The molecule has 0 aliphatic heterocycles. The van der Waals surface area contributed by atoms with Crippen molar-refractivity contribution in [3.8, 4) is 5.69 Å². The number of benzene rings is 1. The van der Waals surface area contributed by atoms with Gasteiger partial charge in [-0.1, -0.05) is 31.0 Å². The first-order chi connectivity index (χ1) is 10.6. The number of hydrogen-bond donors (Lipinski definition) is 1. The number of amides is 1. The first-order valence-electron chi connectivity index (χ1n) is 7.76. The van der Waals surface area contributed by atoms with Gasteiger partial charge in [-0.15, -0.1) is 0 Å². The number of carbonyl (C=O) groups excluding carboxylic acids is 1. The minimum absolute atomic E-state index is 0.108. The number of para-hydroxylation sites is 1. The van der Waals surface area contributed by atoms with Crippen LogP contribution in [0.5, 0.6) is 0 Å². The molecule has 116 valence electrons. The molecule has 0 bridgehead atoms. The Morgan fingerprint density at radius 3 is 2.41 bits per heavy atom. The molecule has 1 saturated carbocycles. The Bertz CT molecular complexity index is 737. The average Bonchev–Trinajstić information content (AvgIpc) is 3.10. The molecule has 1 aromatic carbocycles. The molecule has 1 aliphatic carbocycles. The second kappa shape index (κ2) is 5.83. The maximum atomic E-state index is 12.8. The standard InChI is InChI=1S/C17H21N3O2/c1-12-16(18-13(2)21)17(22)20(15-10-6-7-11-15)19(12)14-8-4-3-5-9-14/h3-5,8-9,15H,6-7,10-11H2,1-2H3,(H,18,21). The molecule has 1 aliphatic rings. The van der Waals surface area contributed by atoms with Crippen molar-refractivity contribution in [1.82, 2.24) is 9.36 Å². The van der Waals surface area contributed by atoms with Crippen molar-refractivity contribution in [2.45, 2.75) is 45.6 Å². The molecule has 0 saturated heterocycles. The monoisotopic (exact) mass is 299 g/mol. The van der Waals surface area contributed by atoms with E-state index < -0.39 is 0 Å². The zero-order valence-corrected chi connectivity index (χ0v) is 13.0. The molecular weight excluding hydrogens is 278 g/mol. The van der Waals surface area contributed by atoms with E-state index in [1.54, 1.807) is 0 Å². The smallest absolute Gasteiger partial charge is 0.291 e. The predicted molar refractivity (Wildman–Crippen MR) is 86.6 cm³/mol. The molecular formula is C17H21N3O2. The molecule has 0 spiro atoms. The van der Waals surface area contributed by atoms with Gasteiger partial charge in [0.15, 0.2) is 0 Å². The lowest BCUT2D eigenvalue weighted by molar-refractivity contribution is -0.114. The topological polar surface area (TPSA) is 56.0 Å². The molecule has 1 fully saturated rings. The number of aromatic nitrogens is 2. The number of hydrogen-bond acceptors (Lipinski definition) is 2. The first kappa shape index (κ1) is 14.6. The summed E-state index contributed by atoms with van der Waals surface area (Å²) in [6, 6.07) is 10.0. The highest BCUT2D eigenvalue weighted by Crippen LogP contribution is 2.31. The van der Waals surface area contributed by atoms with Crippen LogP contribution in [0, 0.1) is 6.92 Å². The molecule has 0 radical (unpaired) electrons. The fourth-order valence-electron chi connectivity index (χ4n) is 3.31. The fraction of sp³-hybridized carbons (Fsp3) is 0.412. The van der Waals surface area contributed by atoms with E-state index in [0.717, 1.165) is 37.1 Å². The van der Waals surface area contributed by atoms with E-state index in [0.29, 0.717) is 5.69 Å². The molecule has 2 aromatic rings. The first-order valence-corrected chi connectivity index (χ1v) is 7.76. The molecule has 3 rings (SSSR count). The van der Waals surface area contributed by atoms with Crippen molar-refractivity contribution < 1.29 is 4.79 Å². The van der Waals surface area contributed by atoms with Gasteiger partial charge < -0.3 is 5.32 Å². The Labute approximate surface area is 129 Å². The van der Waals surface area contributed by atoms with E-state index in [9.17, 15) is 9.59 Å². The van der Waals surface area contributed by atoms with Gasteiger partial charge in [-0.3, -0.25) is 14.3 Å². The van der Waals surface area contributed by atoms with Crippen LogP contribution in [0.25, 0.3) is 5.69 Å². The number of nitrogens with zero attached hydrogens (tertiary/aromatic N) is 2. The van der Waals surface area contributed by atoms with Crippen LogP contribution < -0.4 is 10.9 Å². The summed E-state index contributed by atoms with van der Waals surface area (Å²) in [4.78, 5) is 24.3. The maximum absolute atomic E-state index is 12.8. The molecule has 0 atom stereocenters. The third-order valence-electron chi connectivity index (χ3n) is 4.29. The Morgan fingerprint density at radius 2 is 1.82 bits per heavy atom. The lowest BCUT2D eigenvalue weighted by Gasteiger charge is -2.18. The van der Waals surface area contributed by atoms with Gasteiger partial charge in [-0.25, -0.2) is 4.68 Å². The van der Waals surface area contributed by atoms with E-state index in [1.807, 2.05) is 46.6 Å². The Kier molecular flexibility index (Phi) is 3.88. The average molecular weight is 299 g/mol. The van der Waals surface area contributed by atoms with Crippen molar-refractivity contribution >= 4 is 11.6 Å². The normalized spacial score (nSPS) is 15.2. The molecule has 1 N–H and O–H groups in total. The minimum atomic E-state index is -0.219. The summed E-state index contributed by atoms with van der Waals surface area (Å²) in [5.41, 5.74) is 2.01. The Hall–Kier alpha value is -2.30. The van der Waals surface area contributed by atoms with Crippen LogP contribution in [0.4, 0.5) is 5.69 Å². The summed E-state index contributed by atoms with van der Waals surface area (Å²) < 4.78 is 3.77. The van der Waals surface area contributed by atoms with Crippen LogP contribution in [0.15, 0.2) is 35.1 Å². The number of rotatable bonds is 3. The molecule has 0 unspecified atom stereocenters. The van der Waals surface area contributed by atoms with Gasteiger partial charge in [0.2, 0.25) is 5.91 Å². The van der Waals surface area contributed by atoms with E-state index in [2.05, 4.69) is 5.32 Å². The van der Waals surface area contributed by atoms with Crippen LogP contribution in [-0.2, 0) is 4.79 Å². The maximum Gasteiger partial charge on any atom is 0.291 e. The highest BCUT2D eigenvalue weighted by Gasteiger charge is 2.26. The van der Waals surface area contributed by atoms with Gasteiger partial charge in [0.05, 0.1) is 17.4 Å². The van der Waals surface area contributed by atoms with Crippen LogP contribution in [0.1, 0.15) is 44.3 Å². The van der Waals surface area contributed by atoms with Gasteiger partial charge in [0.1, 0.15) is 5.69 Å². The molecule has 22 heavy (non-hydrogen) atoms. The summed E-state index contributed by atoms with van der Waals surface area (Å²) in [7, 11) is 0. The summed E-state index contributed by atoms with van der Waals surface area (Å²) in [6.07, 6.45) is 4.31. The van der Waals surface area contributed by atoms with Crippen LogP contribution in [0.3, 0.4) is 0 Å². The molecule has 1 heterocycles. The van der Waals surface area contributed by atoms with Crippen LogP contribution >= 0.6 is 0 Å². The van der Waals surface area contributed by atoms with E-state index in [4.69, 9.17) is 0 Å².